The second kappa shape index (κ2) is 6.04. The number of piperidine rings is 1. The fourth-order valence-electron chi connectivity index (χ4n) is 2.68. The Balaban J connectivity index is 1.96. The summed E-state index contributed by atoms with van der Waals surface area (Å²) in [6.45, 7) is 6.10. The monoisotopic (exact) mass is 268 g/mol. The van der Waals surface area contributed by atoms with Gasteiger partial charge in [-0.2, -0.15) is 11.3 Å². The third kappa shape index (κ3) is 3.46. The lowest BCUT2D eigenvalue weighted by molar-refractivity contribution is 0.0922. The lowest BCUT2D eigenvalue weighted by atomic mass is 9.87. The van der Waals surface area contributed by atoms with Gasteiger partial charge >= 0.3 is 0 Å². The number of hydrogen-bond donors (Lipinski definition) is 2. The minimum atomic E-state index is -0.204. The van der Waals surface area contributed by atoms with Gasteiger partial charge in [-0.1, -0.05) is 13.8 Å². The first-order chi connectivity index (χ1) is 8.56. The molecule has 0 saturated carbocycles. The third-order valence-electron chi connectivity index (χ3n) is 3.79. The van der Waals surface area contributed by atoms with Crippen molar-refractivity contribution >= 4 is 17.0 Å². The van der Waals surface area contributed by atoms with Crippen LogP contribution >= 0.6 is 11.3 Å². The topological polar surface area (TPSA) is 49.5 Å². The number of rotatable bonds is 4. The maximum Gasteiger partial charge on any atom is 0.0566 e. The van der Waals surface area contributed by atoms with Gasteiger partial charge < -0.3 is 15.7 Å². The molecule has 1 aromatic heterocycles. The predicted octanol–water partition coefficient (Wildman–Crippen LogP) is 2.31. The van der Waals surface area contributed by atoms with Crippen molar-refractivity contribution in [3.8, 4) is 0 Å². The molecule has 4 heteroatoms. The number of aliphatic hydroxyl groups excluding tert-OH is 1. The Labute approximate surface area is 114 Å². The number of nitrogens with two attached hydrogens (primary N) is 1. The lowest BCUT2D eigenvalue weighted by Crippen LogP contribution is -2.47. The van der Waals surface area contributed by atoms with E-state index in [1.807, 2.05) is 0 Å². The van der Waals surface area contributed by atoms with Gasteiger partial charge in [-0.05, 0) is 36.1 Å². The maximum absolute atomic E-state index is 10.0. The standard InChI is InChI=1S/C14H24N2OS/c1-10(2)14(17)6-11-5-12(15)8-16(7-11)13-3-4-18-9-13/h3-4,9-12,14,17H,5-8,15H2,1-2H3. The smallest absolute Gasteiger partial charge is 0.0566 e. The Kier molecular flexibility index (Phi) is 4.65. The van der Waals surface area contributed by atoms with Crippen LogP contribution in [0.15, 0.2) is 16.8 Å². The van der Waals surface area contributed by atoms with Crippen LogP contribution in [0.25, 0.3) is 0 Å². The first kappa shape index (κ1) is 13.8. The number of nitrogens with zero attached hydrogens (tertiary/aromatic N) is 1. The summed E-state index contributed by atoms with van der Waals surface area (Å²) in [5, 5.41) is 14.3. The largest absolute Gasteiger partial charge is 0.393 e. The second-order valence-electron chi connectivity index (χ2n) is 5.80. The summed E-state index contributed by atoms with van der Waals surface area (Å²) in [5.74, 6) is 0.837. The van der Waals surface area contributed by atoms with Crippen LogP contribution in [0.2, 0.25) is 0 Å². The van der Waals surface area contributed by atoms with E-state index in [4.69, 9.17) is 5.73 Å². The molecule has 0 aliphatic carbocycles. The highest BCUT2D eigenvalue weighted by atomic mass is 32.1. The minimum absolute atomic E-state index is 0.204. The highest BCUT2D eigenvalue weighted by molar-refractivity contribution is 7.08. The summed E-state index contributed by atoms with van der Waals surface area (Å²) >= 11 is 1.72. The quantitative estimate of drug-likeness (QED) is 0.881. The Morgan fingerprint density at radius 2 is 2.28 bits per heavy atom. The third-order valence-corrected chi connectivity index (χ3v) is 4.46. The van der Waals surface area contributed by atoms with Crippen molar-refractivity contribution in [1.29, 1.82) is 0 Å². The normalized spacial score (nSPS) is 26.6. The molecule has 0 amide bonds. The molecule has 2 rings (SSSR count). The lowest BCUT2D eigenvalue weighted by Gasteiger charge is -2.38. The van der Waals surface area contributed by atoms with Crippen LogP contribution in [0.4, 0.5) is 5.69 Å². The first-order valence-electron chi connectivity index (χ1n) is 6.77. The molecule has 3 atom stereocenters. The molecule has 1 aliphatic rings. The summed E-state index contributed by atoms with van der Waals surface area (Å²) < 4.78 is 0. The average Bonchev–Trinajstić information content (AvgIpc) is 2.81. The van der Waals surface area contributed by atoms with Crippen molar-refractivity contribution in [3.05, 3.63) is 16.8 Å². The molecule has 3 nitrogen and oxygen atoms in total. The zero-order valence-electron chi connectivity index (χ0n) is 11.2. The van der Waals surface area contributed by atoms with Crippen molar-refractivity contribution in [2.45, 2.75) is 38.8 Å². The van der Waals surface area contributed by atoms with Gasteiger partial charge in [0, 0.05) is 30.2 Å². The van der Waals surface area contributed by atoms with E-state index in [9.17, 15) is 5.11 Å². The van der Waals surface area contributed by atoms with Gasteiger partial charge in [-0.15, -0.1) is 0 Å². The minimum Gasteiger partial charge on any atom is -0.393 e. The van der Waals surface area contributed by atoms with Crippen molar-refractivity contribution in [2.75, 3.05) is 18.0 Å². The molecule has 0 spiro atoms. The van der Waals surface area contributed by atoms with Gasteiger partial charge in [0.25, 0.3) is 0 Å². The predicted molar refractivity (Wildman–Crippen MR) is 78.1 cm³/mol. The molecule has 1 fully saturated rings. The number of thiophene rings is 1. The number of aliphatic hydroxyl groups is 1. The average molecular weight is 268 g/mol. The highest BCUT2D eigenvalue weighted by Crippen LogP contribution is 2.27. The zero-order chi connectivity index (χ0) is 13.1. The number of anilines is 1. The molecule has 0 radical (unpaired) electrons. The van der Waals surface area contributed by atoms with E-state index in [1.54, 1.807) is 11.3 Å². The molecule has 18 heavy (non-hydrogen) atoms. The molecule has 0 aromatic carbocycles. The summed E-state index contributed by atoms with van der Waals surface area (Å²) in [6.07, 6.45) is 1.70. The molecule has 1 aromatic rings. The van der Waals surface area contributed by atoms with E-state index < -0.39 is 0 Å². The Bertz CT molecular complexity index is 353. The van der Waals surface area contributed by atoms with Gasteiger partial charge in [0.1, 0.15) is 0 Å². The van der Waals surface area contributed by atoms with Crippen LogP contribution in [-0.2, 0) is 0 Å². The van der Waals surface area contributed by atoms with Crippen molar-refractivity contribution in [1.82, 2.24) is 0 Å². The van der Waals surface area contributed by atoms with Gasteiger partial charge in [0.05, 0.1) is 6.10 Å². The summed E-state index contributed by atoms with van der Waals surface area (Å²) in [4.78, 5) is 2.36. The summed E-state index contributed by atoms with van der Waals surface area (Å²) in [5.41, 5.74) is 7.43. The van der Waals surface area contributed by atoms with E-state index in [-0.39, 0.29) is 12.1 Å². The molecule has 1 saturated heterocycles. The van der Waals surface area contributed by atoms with Gasteiger partial charge in [0.15, 0.2) is 0 Å². The molecule has 2 heterocycles. The van der Waals surface area contributed by atoms with Crippen molar-refractivity contribution in [2.24, 2.45) is 17.6 Å². The van der Waals surface area contributed by atoms with E-state index in [2.05, 4.69) is 35.6 Å². The fourth-order valence-corrected chi connectivity index (χ4v) is 3.34. The van der Waals surface area contributed by atoms with Gasteiger partial charge in [0.2, 0.25) is 0 Å². The summed E-state index contributed by atoms with van der Waals surface area (Å²) in [7, 11) is 0. The van der Waals surface area contributed by atoms with Crippen LogP contribution in [0.1, 0.15) is 26.7 Å². The van der Waals surface area contributed by atoms with Crippen molar-refractivity contribution in [3.63, 3.8) is 0 Å². The second-order valence-corrected chi connectivity index (χ2v) is 6.58. The SMILES string of the molecule is CC(C)C(O)CC1CC(N)CN(c2ccsc2)C1. The molecule has 1 aliphatic heterocycles. The molecule has 102 valence electrons. The first-order valence-corrected chi connectivity index (χ1v) is 7.71. The van der Waals surface area contributed by atoms with E-state index in [0.717, 1.165) is 25.9 Å². The van der Waals surface area contributed by atoms with Crippen LogP contribution in [-0.4, -0.2) is 30.3 Å². The Morgan fingerprint density at radius 3 is 2.89 bits per heavy atom. The summed E-state index contributed by atoms with van der Waals surface area (Å²) in [6, 6.07) is 2.38. The molecule has 0 bridgehead atoms. The highest BCUT2D eigenvalue weighted by Gasteiger charge is 2.27. The molecular weight excluding hydrogens is 244 g/mol. The van der Waals surface area contributed by atoms with Crippen LogP contribution in [0.3, 0.4) is 0 Å². The van der Waals surface area contributed by atoms with Crippen LogP contribution in [0, 0.1) is 11.8 Å². The fraction of sp³-hybridized carbons (Fsp3) is 0.714. The maximum atomic E-state index is 10.0. The van der Waals surface area contributed by atoms with Crippen molar-refractivity contribution < 1.29 is 5.11 Å². The van der Waals surface area contributed by atoms with E-state index >= 15 is 0 Å². The van der Waals surface area contributed by atoms with E-state index in [1.165, 1.54) is 5.69 Å². The molecule has 3 unspecified atom stereocenters. The Morgan fingerprint density at radius 1 is 1.50 bits per heavy atom. The van der Waals surface area contributed by atoms with Gasteiger partial charge in [-0.3, -0.25) is 0 Å². The number of hydrogen-bond acceptors (Lipinski definition) is 4. The molecule has 3 N–H and O–H groups in total. The van der Waals surface area contributed by atoms with Crippen LogP contribution < -0.4 is 10.6 Å². The molecular formula is C14H24N2OS. The zero-order valence-corrected chi connectivity index (χ0v) is 12.1. The van der Waals surface area contributed by atoms with Crippen LogP contribution in [0.5, 0.6) is 0 Å². The van der Waals surface area contributed by atoms with Gasteiger partial charge in [-0.25, -0.2) is 0 Å². The van der Waals surface area contributed by atoms with E-state index in [0.29, 0.717) is 11.8 Å². The Hall–Kier alpha value is -0.580.